The van der Waals surface area contributed by atoms with Crippen molar-refractivity contribution in [2.45, 2.75) is 58.4 Å². The number of likely N-dealkylation sites (tertiary alicyclic amines) is 1. The third-order valence-electron chi connectivity index (χ3n) is 4.41. The van der Waals surface area contributed by atoms with Gasteiger partial charge in [-0.25, -0.2) is 0 Å². The molecule has 1 N–H and O–H groups in total. The third kappa shape index (κ3) is 2.85. The first kappa shape index (κ1) is 13.4. The quantitative estimate of drug-likeness (QED) is 0.836. The Morgan fingerprint density at radius 3 is 2.56 bits per heavy atom. The molecular formula is C14H23NO3. The normalized spacial score (nSPS) is 30.0. The summed E-state index contributed by atoms with van der Waals surface area (Å²) in [7, 11) is 0. The molecular weight excluding hydrogens is 230 g/mol. The van der Waals surface area contributed by atoms with Crippen LogP contribution in [0.15, 0.2) is 0 Å². The number of carboxylic acids is 1. The summed E-state index contributed by atoms with van der Waals surface area (Å²) in [6.07, 6.45) is 4.89. The van der Waals surface area contributed by atoms with Gasteiger partial charge in [-0.1, -0.05) is 13.8 Å². The van der Waals surface area contributed by atoms with E-state index in [0.29, 0.717) is 6.42 Å². The molecule has 1 saturated carbocycles. The predicted molar refractivity (Wildman–Crippen MR) is 68.1 cm³/mol. The average Bonchev–Trinajstić information content (AvgIpc) is 2.95. The topological polar surface area (TPSA) is 57.6 Å². The summed E-state index contributed by atoms with van der Waals surface area (Å²) in [5.74, 6) is -0.335. The molecule has 4 nitrogen and oxygen atoms in total. The first-order chi connectivity index (χ1) is 8.42. The minimum absolute atomic E-state index is 0.152. The molecule has 2 atom stereocenters. The highest BCUT2D eigenvalue weighted by atomic mass is 16.4. The number of carbonyl (C=O) groups excluding carboxylic acids is 1. The largest absolute Gasteiger partial charge is 0.481 e. The molecule has 1 aliphatic carbocycles. The van der Waals surface area contributed by atoms with Crippen molar-refractivity contribution in [2.75, 3.05) is 6.54 Å². The highest BCUT2D eigenvalue weighted by Crippen LogP contribution is 2.52. The first-order valence-electron chi connectivity index (χ1n) is 6.94. The van der Waals surface area contributed by atoms with Crippen LogP contribution in [0, 0.1) is 11.3 Å². The van der Waals surface area contributed by atoms with E-state index in [0.717, 1.165) is 32.2 Å². The Labute approximate surface area is 108 Å². The minimum atomic E-state index is -0.764. The fraction of sp³-hybridized carbons (Fsp3) is 0.857. The second-order valence-corrected chi connectivity index (χ2v) is 6.36. The summed E-state index contributed by atoms with van der Waals surface area (Å²) in [6.45, 7) is 5.08. The van der Waals surface area contributed by atoms with Gasteiger partial charge in [0, 0.05) is 24.9 Å². The van der Waals surface area contributed by atoms with Crippen molar-refractivity contribution in [2.24, 2.45) is 11.3 Å². The van der Waals surface area contributed by atoms with E-state index in [9.17, 15) is 9.59 Å². The lowest BCUT2D eigenvalue weighted by Crippen LogP contribution is -2.45. The molecule has 2 unspecified atom stereocenters. The molecule has 1 saturated heterocycles. The molecule has 2 fully saturated rings. The van der Waals surface area contributed by atoms with Gasteiger partial charge in [0.1, 0.15) is 0 Å². The molecule has 2 aliphatic rings. The van der Waals surface area contributed by atoms with E-state index in [1.165, 1.54) is 0 Å². The zero-order valence-electron chi connectivity index (χ0n) is 11.3. The standard InChI is InChI=1S/C14H23NO3/c1-14(2)9-11(14)13(18)15-8-4-3-5-10(15)6-7-12(16)17/h10-11H,3-9H2,1-2H3,(H,16,17). The second-order valence-electron chi connectivity index (χ2n) is 6.36. The first-order valence-corrected chi connectivity index (χ1v) is 6.94. The van der Waals surface area contributed by atoms with Crippen molar-refractivity contribution in [3.8, 4) is 0 Å². The summed E-state index contributed by atoms with van der Waals surface area (Å²) < 4.78 is 0. The molecule has 4 heteroatoms. The van der Waals surface area contributed by atoms with E-state index in [1.807, 2.05) is 4.90 Å². The molecule has 0 aromatic heterocycles. The molecule has 0 spiro atoms. The number of piperidine rings is 1. The summed E-state index contributed by atoms with van der Waals surface area (Å²) in [4.78, 5) is 25.0. The van der Waals surface area contributed by atoms with E-state index in [2.05, 4.69) is 13.8 Å². The predicted octanol–water partition coefficient (Wildman–Crippen LogP) is 2.28. The fourth-order valence-corrected chi connectivity index (χ4v) is 2.97. The fourth-order valence-electron chi connectivity index (χ4n) is 2.97. The van der Waals surface area contributed by atoms with Crippen molar-refractivity contribution in [1.82, 2.24) is 4.90 Å². The number of amides is 1. The van der Waals surface area contributed by atoms with Gasteiger partial charge in [-0.2, -0.15) is 0 Å². The Morgan fingerprint density at radius 2 is 2.00 bits per heavy atom. The van der Waals surface area contributed by atoms with Crippen molar-refractivity contribution in [1.29, 1.82) is 0 Å². The highest BCUT2D eigenvalue weighted by molar-refractivity contribution is 5.83. The molecule has 2 rings (SSSR count). The van der Waals surface area contributed by atoms with Crippen LogP contribution in [0.25, 0.3) is 0 Å². The van der Waals surface area contributed by atoms with Crippen LogP contribution in [-0.4, -0.2) is 34.5 Å². The Bertz CT molecular complexity index is 351. The molecule has 0 aromatic carbocycles. The maximum Gasteiger partial charge on any atom is 0.303 e. The molecule has 18 heavy (non-hydrogen) atoms. The molecule has 0 radical (unpaired) electrons. The highest BCUT2D eigenvalue weighted by Gasteiger charge is 2.52. The van der Waals surface area contributed by atoms with Crippen LogP contribution in [0.2, 0.25) is 0 Å². The average molecular weight is 253 g/mol. The van der Waals surface area contributed by atoms with Gasteiger partial charge >= 0.3 is 5.97 Å². The van der Waals surface area contributed by atoms with Crippen molar-refractivity contribution in [3.05, 3.63) is 0 Å². The van der Waals surface area contributed by atoms with Gasteiger partial charge in [0.15, 0.2) is 0 Å². The van der Waals surface area contributed by atoms with E-state index in [1.54, 1.807) is 0 Å². The van der Waals surface area contributed by atoms with Gasteiger partial charge in [-0.05, 0) is 37.5 Å². The van der Waals surface area contributed by atoms with Crippen LogP contribution in [0.5, 0.6) is 0 Å². The van der Waals surface area contributed by atoms with Crippen LogP contribution in [-0.2, 0) is 9.59 Å². The summed E-state index contributed by atoms with van der Waals surface area (Å²) in [6, 6.07) is 0.152. The molecule has 1 amide bonds. The van der Waals surface area contributed by atoms with E-state index >= 15 is 0 Å². The summed E-state index contributed by atoms with van der Waals surface area (Å²) in [5, 5.41) is 8.77. The van der Waals surface area contributed by atoms with E-state index < -0.39 is 5.97 Å². The van der Waals surface area contributed by atoms with Crippen LogP contribution < -0.4 is 0 Å². The number of carboxylic acid groups (broad SMARTS) is 1. The second kappa shape index (κ2) is 4.90. The van der Waals surface area contributed by atoms with Crippen molar-refractivity contribution in [3.63, 3.8) is 0 Å². The molecule has 1 heterocycles. The maximum atomic E-state index is 12.4. The van der Waals surface area contributed by atoms with Crippen LogP contribution in [0.1, 0.15) is 52.4 Å². The number of rotatable bonds is 4. The van der Waals surface area contributed by atoms with Crippen molar-refractivity contribution < 1.29 is 14.7 Å². The van der Waals surface area contributed by atoms with Crippen LogP contribution >= 0.6 is 0 Å². The smallest absolute Gasteiger partial charge is 0.303 e. The SMILES string of the molecule is CC1(C)CC1C(=O)N1CCCCC1CCC(=O)O. The van der Waals surface area contributed by atoms with E-state index in [-0.39, 0.29) is 29.7 Å². The number of hydrogen-bond donors (Lipinski definition) is 1. The van der Waals surface area contributed by atoms with Gasteiger partial charge in [0.2, 0.25) is 5.91 Å². The van der Waals surface area contributed by atoms with Crippen molar-refractivity contribution >= 4 is 11.9 Å². The molecule has 0 bridgehead atoms. The number of nitrogens with zero attached hydrogens (tertiary/aromatic N) is 1. The van der Waals surface area contributed by atoms with E-state index in [4.69, 9.17) is 5.11 Å². The van der Waals surface area contributed by atoms with Gasteiger partial charge in [0.05, 0.1) is 0 Å². The minimum Gasteiger partial charge on any atom is -0.481 e. The lowest BCUT2D eigenvalue weighted by atomic mass is 9.96. The zero-order valence-corrected chi connectivity index (χ0v) is 11.3. The zero-order chi connectivity index (χ0) is 13.3. The molecule has 1 aliphatic heterocycles. The van der Waals surface area contributed by atoms with Gasteiger partial charge in [0.25, 0.3) is 0 Å². The Kier molecular flexibility index (Phi) is 3.64. The maximum absolute atomic E-state index is 12.4. The lowest BCUT2D eigenvalue weighted by Gasteiger charge is -2.36. The summed E-state index contributed by atoms with van der Waals surface area (Å²) >= 11 is 0. The Morgan fingerprint density at radius 1 is 1.33 bits per heavy atom. The number of carbonyl (C=O) groups is 2. The third-order valence-corrected chi connectivity index (χ3v) is 4.41. The summed E-state index contributed by atoms with van der Waals surface area (Å²) in [5.41, 5.74) is 0.159. The monoisotopic (exact) mass is 253 g/mol. The van der Waals surface area contributed by atoms with Gasteiger partial charge in [-0.3, -0.25) is 9.59 Å². The Balaban J connectivity index is 1.95. The molecule has 102 valence electrons. The van der Waals surface area contributed by atoms with Gasteiger partial charge < -0.3 is 10.0 Å². The number of aliphatic carboxylic acids is 1. The van der Waals surface area contributed by atoms with Crippen LogP contribution in [0.3, 0.4) is 0 Å². The lowest BCUT2D eigenvalue weighted by molar-refractivity contribution is -0.141. The Hall–Kier alpha value is -1.06. The van der Waals surface area contributed by atoms with Gasteiger partial charge in [-0.15, -0.1) is 0 Å². The molecule has 0 aromatic rings. The number of hydrogen-bond acceptors (Lipinski definition) is 2. The van der Waals surface area contributed by atoms with Crippen LogP contribution in [0.4, 0.5) is 0 Å².